The molecule has 0 saturated heterocycles. The zero-order valence-electron chi connectivity index (χ0n) is 11.7. The van der Waals surface area contributed by atoms with E-state index < -0.39 is 11.6 Å². The Bertz CT molecular complexity index is 553. The van der Waals surface area contributed by atoms with E-state index >= 15 is 0 Å². The quantitative estimate of drug-likeness (QED) is 0.796. The van der Waals surface area contributed by atoms with E-state index in [2.05, 4.69) is 5.32 Å². The average Bonchev–Trinajstić information content (AvgIpc) is 2.45. The number of halogens is 2. The van der Waals surface area contributed by atoms with Crippen LogP contribution in [0.3, 0.4) is 0 Å². The minimum atomic E-state index is -0.661. The Hall–Kier alpha value is -2.14. The van der Waals surface area contributed by atoms with Crippen molar-refractivity contribution < 1.29 is 18.3 Å². The van der Waals surface area contributed by atoms with Gasteiger partial charge in [0.2, 0.25) is 0 Å². The lowest BCUT2D eigenvalue weighted by Gasteiger charge is -2.09. The highest BCUT2D eigenvalue weighted by Crippen LogP contribution is 2.16. The number of ether oxygens (including phenoxy) is 2. The van der Waals surface area contributed by atoms with Crippen LogP contribution in [0.2, 0.25) is 0 Å². The first kappa shape index (κ1) is 15.3. The van der Waals surface area contributed by atoms with Gasteiger partial charge in [-0.15, -0.1) is 0 Å². The summed E-state index contributed by atoms with van der Waals surface area (Å²) in [5, 5.41) is 3.06. The van der Waals surface area contributed by atoms with Crippen LogP contribution in [0.25, 0.3) is 0 Å². The van der Waals surface area contributed by atoms with Gasteiger partial charge in [-0.25, -0.2) is 8.78 Å². The summed E-state index contributed by atoms with van der Waals surface area (Å²) in [6.07, 6.45) is 0. The molecular formula is C16H17F2NO2. The van der Waals surface area contributed by atoms with E-state index in [1.165, 1.54) is 0 Å². The summed E-state index contributed by atoms with van der Waals surface area (Å²) in [6.45, 7) is 1.30. The van der Waals surface area contributed by atoms with Crippen molar-refractivity contribution in [1.82, 2.24) is 5.32 Å². The van der Waals surface area contributed by atoms with E-state index in [1.807, 2.05) is 31.3 Å². The van der Waals surface area contributed by atoms with Crippen molar-refractivity contribution in [3.8, 4) is 11.5 Å². The summed E-state index contributed by atoms with van der Waals surface area (Å²) < 4.78 is 36.6. The van der Waals surface area contributed by atoms with Crippen molar-refractivity contribution in [1.29, 1.82) is 0 Å². The standard InChI is InChI=1S/C16H17F2NO2/c1-19-11-12-2-4-15(5-3-12)20-6-7-21-16-9-13(17)8-14(18)10-16/h2-5,8-10,19H,6-7,11H2,1H3. The summed E-state index contributed by atoms with van der Waals surface area (Å²) in [7, 11) is 1.89. The minimum absolute atomic E-state index is 0.153. The molecule has 2 rings (SSSR count). The van der Waals surface area contributed by atoms with Crippen LogP contribution >= 0.6 is 0 Å². The molecule has 0 heterocycles. The molecule has 5 heteroatoms. The van der Waals surface area contributed by atoms with Crippen LogP contribution < -0.4 is 14.8 Å². The third-order valence-corrected chi connectivity index (χ3v) is 2.76. The van der Waals surface area contributed by atoms with Crippen LogP contribution in [0, 0.1) is 11.6 Å². The molecule has 0 aliphatic carbocycles. The molecule has 0 aliphatic rings. The highest BCUT2D eigenvalue weighted by Gasteiger charge is 2.01. The molecule has 0 unspecified atom stereocenters. The summed E-state index contributed by atoms with van der Waals surface area (Å²) in [5.41, 5.74) is 1.16. The predicted molar refractivity (Wildman–Crippen MR) is 76.6 cm³/mol. The van der Waals surface area contributed by atoms with E-state index in [4.69, 9.17) is 9.47 Å². The van der Waals surface area contributed by atoms with Crippen LogP contribution in [0.4, 0.5) is 8.78 Å². The largest absolute Gasteiger partial charge is 0.490 e. The van der Waals surface area contributed by atoms with Gasteiger partial charge >= 0.3 is 0 Å². The lowest BCUT2D eigenvalue weighted by molar-refractivity contribution is 0.216. The predicted octanol–water partition coefficient (Wildman–Crippen LogP) is 3.14. The van der Waals surface area contributed by atoms with Gasteiger partial charge in [0.25, 0.3) is 0 Å². The molecule has 0 spiro atoms. The second-order valence-corrected chi connectivity index (χ2v) is 4.48. The molecule has 2 aromatic carbocycles. The van der Waals surface area contributed by atoms with E-state index in [0.717, 1.165) is 36.1 Å². The molecule has 0 fully saturated rings. The van der Waals surface area contributed by atoms with Crippen molar-refractivity contribution in [2.75, 3.05) is 20.3 Å². The molecule has 112 valence electrons. The Kier molecular flexibility index (Phi) is 5.51. The molecule has 0 atom stereocenters. The Morgan fingerprint density at radius 2 is 1.43 bits per heavy atom. The lowest BCUT2D eigenvalue weighted by atomic mass is 10.2. The van der Waals surface area contributed by atoms with Gasteiger partial charge in [0.05, 0.1) is 0 Å². The first-order valence-electron chi connectivity index (χ1n) is 6.62. The molecule has 0 aromatic heterocycles. The van der Waals surface area contributed by atoms with Gasteiger partial charge in [-0.3, -0.25) is 0 Å². The van der Waals surface area contributed by atoms with E-state index in [-0.39, 0.29) is 12.4 Å². The van der Waals surface area contributed by atoms with Crippen molar-refractivity contribution in [2.45, 2.75) is 6.54 Å². The first-order valence-corrected chi connectivity index (χ1v) is 6.62. The normalized spacial score (nSPS) is 10.4. The summed E-state index contributed by atoms with van der Waals surface area (Å²) >= 11 is 0. The monoisotopic (exact) mass is 293 g/mol. The number of hydrogen-bond donors (Lipinski definition) is 1. The highest BCUT2D eigenvalue weighted by molar-refractivity contribution is 5.27. The Morgan fingerprint density at radius 3 is 2.00 bits per heavy atom. The maximum atomic E-state index is 12.9. The molecular weight excluding hydrogens is 276 g/mol. The molecule has 0 saturated carbocycles. The van der Waals surface area contributed by atoms with Gasteiger partial charge in [0, 0.05) is 24.7 Å². The SMILES string of the molecule is CNCc1ccc(OCCOc2cc(F)cc(F)c2)cc1. The fourth-order valence-electron chi connectivity index (χ4n) is 1.84. The van der Waals surface area contributed by atoms with Crippen molar-refractivity contribution in [2.24, 2.45) is 0 Å². The average molecular weight is 293 g/mol. The van der Waals surface area contributed by atoms with E-state index in [9.17, 15) is 8.78 Å². The van der Waals surface area contributed by atoms with Crippen molar-refractivity contribution >= 4 is 0 Å². The molecule has 21 heavy (non-hydrogen) atoms. The topological polar surface area (TPSA) is 30.5 Å². The zero-order chi connectivity index (χ0) is 15.1. The zero-order valence-corrected chi connectivity index (χ0v) is 11.7. The van der Waals surface area contributed by atoms with Crippen LogP contribution in [-0.2, 0) is 6.54 Å². The van der Waals surface area contributed by atoms with Gasteiger partial charge in [-0.05, 0) is 24.7 Å². The third-order valence-electron chi connectivity index (χ3n) is 2.76. The number of rotatable bonds is 7. The maximum Gasteiger partial charge on any atom is 0.129 e. The van der Waals surface area contributed by atoms with Crippen LogP contribution in [0.15, 0.2) is 42.5 Å². The lowest BCUT2D eigenvalue weighted by Crippen LogP contribution is -2.09. The summed E-state index contributed by atoms with van der Waals surface area (Å²) in [5.74, 6) is -0.443. The molecule has 0 amide bonds. The minimum Gasteiger partial charge on any atom is -0.490 e. The fraction of sp³-hybridized carbons (Fsp3) is 0.250. The Labute approximate surface area is 122 Å². The number of hydrogen-bond acceptors (Lipinski definition) is 3. The fourth-order valence-corrected chi connectivity index (χ4v) is 1.84. The summed E-state index contributed by atoms with van der Waals surface area (Å²) in [6, 6.07) is 10.7. The van der Waals surface area contributed by atoms with Crippen LogP contribution in [0.1, 0.15) is 5.56 Å². The molecule has 3 nitrogen and oxygen atoms in total. The smallest absolute Gasteiger partial charge is 0.129 e. The van der Waals surface area contributed by atoms with Crippen molar-refractivity contribution in [3.05, 3.63) is 59.7 Å². The van der Waals surface area contributed by atoms with Gasteiger partial charge < -0.3 is 14.8 Å². The molecule has 1 N–H and O–H groups in total. The van der Waals surface area contributed by atoms with E-state index in [1.54, 1.807) is 0 Å². The highest BCUT2D eigenvalue weighted by atomic mass is 19.1. The maximum absolute atomic E-state index is 12.9. The first-order chi connectivity index (χ1) is 10.2. The second kappa shape index (κ2) is 7.59. The van der Waals surface area contributed by atoms with E-state index in [0.29, 0.717) is 6.61 Å². The summed E-state index contributed by atoms with van der Waals surface area (Å²) in [4.78, 5) is 0. The number of benzene rings is 2. The molecule has 0 radical (unpaired) electrons. The van der Waals surface area contributed by atoms with Gasteiger partial charge in [0.15, 0.2) is 0 Å². The van der Waals surface area contributed by atoms with Crippen LogP contribution in [0.5, 0.6) is 11.5 Å². The Morgan fingerprint density at radius 1 is 0.857 bits per heavy atom. The molecule has 0 bridgehead atoms. The van der Waals surface area contributed by atoms with Gasteiger partial charge in [0.1, 0.15) is 36.3 Å². The van der Waals surface area contributed by atoms with Gasteiger partial charge in [-0.2, -0.15) is 0 Å². The van der Waals surface area contributed by atoms with Gasteiger partial charge in [-0.1, -0.05) is 12.1 Å². The van der Waals surface area contributed by atoms with Crippen LogP contribution in [-0.4, -0.2) is 20.3 Å². The number of nitrogens with one attached hydrogen (secondary N) is 1. The van der Waals surface area contributed by atoms with Crippen molar-refractivity contribution in [3.63, 3.8) is 0 Å². The third kappa shape index (κ3) is 5.04. The second-order valence-electron chi connectivity index (χ2n) is 4.48. The Balaban J connectivity index is 1.76. The molecule has 0 aliphatic heterocycles. The molecule has 2 aromatic rings.